The molecular weight excluding hydrogens is 1450 g/mol. The summed E-state index contributed by atoms with van der Waals surface area (Å²) >= 11 is 0. The van der Waals surface area contributed by atoms with Gasteiger partial charge in [0.25, 0.3) is 11.8 Å². The molecule has 26 nitrogen and oxygen atoms in total. The number of carbonyl (C=O) groups excluding carboxylic acids is 6. The number of allylic oxidation sites excluding steroid dienone is 6. The molecule has 109 heavy (non-hydrogen) atoms. The Bertz CT molecular complexity index is 4470. The SMILES string of the molecule is C.CCCCN1C(=CC=CC=CC2=[N+](CCCS(=O)(=O)[O-])c3ccc(S(=O)(=O)N(C)CCCC(=O)NCC(=O)Nc4ccc(CC[N+]56CC[N+](CC(N)=O)(CC5)CC6)cc4)cc3C2(C)C)C(C)(C)c2cc(S(=O)(=O)N(C)CCCC(=O)NCC(=O)Cc3ccc(CC[N+]45CC[N+](CC(N)=O)(CC4)CC5)cc3)ccc21. The maximum atomic E-state index is 14.2. The Labute approximate surface area is 646 Å². The molecule has 0 radical (unpaired) electrons. The summed E-state index contributed by atoms with van der Waals surface area (Å²) in [5.41, 5.74) is 18.2. The average Bonchev–Trinajstić information content (AvgIpc) is 1.69. The van der Waals surface area contributed by atoms with Gasteiger partial charge >= 0.3 is 0 Å². The van der Waals surface area contributed by atoms with Crippen molar-refractivity contribution in [2.45, 2.75) is 127 Å². The van der Waals surface area contributed by atoms with Crippen molar-refractivity contribution in [3.63, 3.8) is 0 Å². The number of hydrogen-bond acceptors (Lipinski definition) is 14. The zero-order valence-corrected chi connectivity index (χ0v) is 66.5. The van der Waals surface area contributed by atoms with Crippen LogP contribution in [0.1, 0.15) is 115 Å². The van der Waals surface area contributed by atoms with Gasteiger partial charge < -0.3 is 54.8 Å². The van der Waals surface area contributed by atoms with Crippen LogP contribution in [0.4, 0.5) is 17.1 Å². The molecule has 29 heteroatoms. The normalized spacial score (nSPS) is 22.3. The first kappa shape index (κ1) is 85.2. The fraction of sp³-hybridized carbons (Fsp3) is 0.537. The number of nitrogens with zero attached hydrogens (tertiary/aromatic N) is 8. The van der Waals surface area contributed by atoms with Crippen LogP contribution in [0.25, 0.3) is 0 Å². The molecule has 8 aliphatic rings. The zero-order chi connectivity index (χ0) is 78.1. The number of quaternary nitrogens is 4. The third-order valence-corrected chi connectivity index (χ3v) is 28.2. The molecule has 0 atom stereocenters. The summed E-state index contributed by atoms with van der Waals surface area (Å²) in [6, 6.07) is 25.8. The van der Waals surface area contributed by atoms with Crippen molar-refractivity contribution in [3.8, 4) is 0 Å². The maximum Gasteiger partial charge on any atom is 0.272 e. The van der Waals surface area contributed by atoms with Crippen molar-refractivity contribution in [1.29, 1.82) is 0 Å². The highest BCUT2D eigenvalue weighted by molar-refractivity contribution is 7.89. The van der Waals surface area contributed by atoms with Crippen LogP contribution in [-0.2, 0) is 89.0 Å². The minimum Gasteiger partial charge on any atom is -0.748 e. The standard InChI is InChI=1S/C79H109N13O13S3.CH4/c1-8-9-36-87-69-30-28-65(107(102,103)85(6)34-13-18-75(96)82-56-64(93)53-62-22-20-60(21-23-62)32-38-89-40-46-91(47-41-89,48-42-89)58-73(80)94)54-67(69)78(2,3)71(87)16-11-10-12-17-72-79(4,5)68-55-66(29-31-70(68)88(72)37-15-52-106(99,100)101)108(104,105)86(7)35-14-19-76(97)83-57-77(98)84-63-26-24-61(25-27-63)33-39-90-43-49-92(50-44-90,51-45-90)59-74(81)95;/h10-12,16-17,20-31,54-55H,8-9,13-15,18-19,32-53,56-59H2,1-7H3,(H3-5,80,81,82,83,84,94,95,96,97,98,99,100,101);1H4/p+4. The fourth-order valence-corrected chi connectivity index (χ4v) is 19.7. The highest BCUT2D eigenvalue weighted by Gasteiger charge is 2.51. The number of fused-ring (bicyclic) bond motifs is 8. The molecule has 0 spiro atoms. The summed E-state index contributed by atoms with van der Waals surface area (Å²) in [6.07, 6.45) is 13.7. The summed E-state index contributed by atoms with van der Waals surface area (Å²) in [5.74, 6) is -2.36. The Morgan fingerprint density at radius 2 is 1.06 bits per heavy atom. The largest absolute Gasteiger partial charge is 0.748 e. The number of primary amides is 2. The van der Waals surface area contributed by atoms with E-state index in [-0.39, 0.29) is 112 Å². The molecule has 4 bridgehead atoms. The summed E-state index contributed by atoms with van der Waals surface area (Å²) < 4.78 is 101. The minimum absolute atomic E-state index is 0. The predicted octanol–water partition coefficient (Wildman–Crippen LogP) is 5.09. The first-order valence-electron chi connectivity index (χ1n) is 38.1. The molecule has 8 aliphatic heterocycles. The van der Waals surface area contributed by atoms with Crippen molar-refractivity contribution in [3.05, 3.63) is 149 Å². The second-order valence-corrected chi connectivity index (χ2v) is 37.6. The van der Waals surface area contributed by atoms with Crippen LogP contribution < -0.4 is 32.3 Å². The van der Waals surface area contributed by atoms with Crippen molar-refractivity contribution in [2.75, 3.05) is 174 Å². The Morgan fingerprint density at radius 3 is 1.56 bits per heavy atom. The van der Waals surface area contributed by atoms with Gasteiger partial charge in [0.15, 0.2) is 24.6 Å². The van der Waals surface area contributed by atoms with Gasteiger partial charge in [-0.15, -0.1) is 0 Å². The number of carbonyl (C=O) groups is 6. The average molecular weight is 1570 g/mol. The Balaban J connectivity index is 0.0000137. The van der Waals surface area contributed by atoms with Crippen molar-refractivity contribution in [2.24, 2.45) is 11.5 Å². The van der Waals surface area contributed by atoms with E-state index < -0.39 is 58.6 Å². The lowest BCUT2D eigenvalue weighted by Crippen LogP contribution is -2.76. The number of ketones is 1. The van der Waals surface area contributed by atoms with Crippen LogP contribution in [0.3, 0.4) is 0 Å². The Hall–Kier alpha value is -7.84. The molecular formula is C80H117N13O13S3+4. The summed E-state index contributed by atoms with van der Waals surface area (Å²) in [6.45, 7) is 25.5. The van der Waals surface area contributed by atoms with Crippen LogP contribution in [-0.4, -0.2) is 266 Å². The molecule has 6 saturated heterocycles. The predicted molar refractivity (Wildman–Crippen MR) is 422 cm³/mol. The molecule has 5 amide bonds. The summed E-state index contributed by atoms with van der Waals surface area (Å²) in [4.78, 5) is 77.5. The quantitative estimate of drug-likeness (QED) is 0.0168. The van der Waals surface area contributed by atoms with Gasteiger partial charge in [0.2, 0.25) is 43.5 Å². The van der Waals surface area contributed by atoms with Crippen molar-refractivity contribution >= 4 is 88.3 Å². The molecule has 0 aromatic heterocycles. The van der Waals surface area contributed by atoms with E-state index in [0.717, 1.165) is 169 Å². The zero-order valence-electron chi connectivity index (χ0n) is 64.1. The van der Waals surface area contributed by atoms with E-state index in [4.69, 9.17) is 11.5 Å². The van der Waals surface area contributed by atoms with Gasteiger partial charge in [0.1, 0.15) is 85.1 Å². The monoisotopic (exact) mass is 1560 g/mol. The van der Waals surface area contributed by atoms with Gasteiger partial charge in [-0.1, -0.05) is 89.2 Å². The molecule has 7 N–H and O–H groups in total. The van der Waals surface area contributed by atoms with E-state index in [0.29, 0.717) is 36.6 Å². The molecule has 6 fully saturated rings. The maximum absolute atomic E-state index is 14.2. The van der Waals surface area contributed by atoms with Crippen LogP contribution in [0, 0.1) is 0 Å². The number of sulfonamides is 2. The first-order chi connectivity index (χ1) is 51.0. The van der Waals surface area contributed by atoms with E-state index in [1.165, 1.54) is 34.3 Å². The van der Waals surface area contributed by atoms with Crippen LogP contribution in [0.2, 0.25) is 0 Å². The lowest BCUT2D eigenvalue weighted by atomic mass is 9.81. The van der Waals surface area contributed by atoms with Crippen molar-refractivity contribution < 1.29 is 81.1 Å². The Kier molecular flexibility index (Phi) is 27.5. The number of nitrogens with one attached hydrogen (secondary N) is 3. The summed E-state index contributed by atoms with van der Waals surface area (Å²) in [5, 5.41) is 8.18. The van der Waals surface area contributed by atoms with Gasteiger partial charge in [-0.3, -0.25) is 28.8 Å². The number of rotatable bonds is 39. The number of Topliss-reactive ketones (excluding diaryl/α,β-unsaturated/α-hetero) is 1. The number of anilines is 2. The number of piperazine rings is 6. The highest BCUT2D eigenvalue weighted by atomic mass is 32.2. The second-order valence-electron chi connectivity index (χ2n) is 32.0. The van der Waals surface area contributed by atoms with Crippen LogP contribution >= 0.6 is 0 Å². The van der Waals surface area contributed by atoms with Crippen LogP contribution in [0.5, 0.6) is 0 Å². The van der Waals surface area contributed by atoms with E-state index >= 15 is 0 Å². The molecule has 12 rings (SSSR count). The molecule has 0 saturated carbocycles. The first-order valence-corrected chi connectivity index (χ1v) is 42.6. The number of unbranched alkanes of at least 4 members (excludes halogenated alkanes) is 1. The lowest BCUT2D eigenvalue weighted by Gasteiger charge is -2.55. The molecule has 594 valence electrons. The van der Waals surface area contributed by atoms with E-state index in [1.807, 2.05) is 91.3 Å². The molecule has 8 heterocycles. The molecule has 4 aromatic carbocycles. The van der Waals surface area contributed by atoms with Gasteiger partial charge in [-0.05, 0) is 104 Å². The van der Waals surface area contributed by atoms with E-state index in [9.17, 15) is 58.6 Å². The fourth-order valence-electron chi connectivity index (χ4n) is 16.8. The van der Waals surface area contributed by atoms with Gasteiger partial charge in [0.05, 0.1) is 51.5 Å². The lowest BCUT2D eigenvalue weighted by molar-refractivity contribution is -1.08. The van der Waals surface area contributed by atoms with Gasteiger partial charge in [-0.25, -0.2) is 33.9 Å². The minimum atomic E-state index is -4.55. The molecule has 4 aromatic rings. The van der Waals surface area contributed by atoms with E-state index in [1.54, 1.807) is 24.3 Å². The number of hydrogen-bond donors (Lipinski definition) is 5. The number of amides is 5. The van der Waals surface area contributed by atoms with Crippen molar-refractivity contribution in [1.82, 2.24) is 19.2 Å². The molecule has 0 unspecified atom stereocenters. The van der Waals surface area contributed by atoms with Gasteiger partial charge in [-0.2, -0.15) is 4.58 Å². The third-order valence-electron chi connectivity index (χ3n) is 23.8. The smallest absolute Gasteiger partial charge is 0.272 e. The topological polar surface area (TPSA) is 329 Å². The van der Waals surface area contributed by atoms with Crippen LogP contribution in [0.15, 0.2) is 131 Å². The Morgan fingerprint density at radius 1 is 0.578 bits per heavy atom. The summed E-state index contributed by atoms with van der Waals surface area (Å²) in [7, 11) is -9.70. The second kappa shape index (κ2) is 35.2. The third kappa shape index (κ3) is 20.8. The highest BCUT2D eigenvalue weighted by Crippen LogP contribution is 2.49. The van der Waals surface area contributed by atoms with Gasteiger partial charge in [0, 0.05) is 118 Å². The number of nitrogens with two attached hydrogens (primary N) is 2. The van der Waals surface area contributed by atoms with E-state index in [2.05, 4.69) is 53.8 Å². The molecule has 0 aliphatic carbocycles. The number of benzene rings is 4.